The summed E-state index contributed by atoms with van der Waals surface area (Å²) in [6.45, 7) is 3.69. The fourth-order valence-corrected chi connectivity index (χ4v) is 1.59. The van der Waals surface area contributed by atoms with E-state index in [0.29, 0.717) is 12.5 Å². The van der Waals surface area contributed by atoms with Crippen molar-refractivity contribution in [3.05, 3.63) is 23.8 Å². The van der Waals surface area contributed by atoms with Gasteiger partial charge in [-0.2, -0.15) is 0 Å². The minimum Gasteiger partial charge on any atom is -0.508 e. The Morgan fingerprint density at radius 2 is 2.06 bits per heavy atom. The number of hydrogen-bond acceptors (Lipinski definition) is 4. The number of phenols is 2. The van der Waals surface area contributed by atoms with Crippen molar-refractivity contribution in [2.45, 2.75) is 26.3 Å². The second-order valence-corrected chi connectivity index (χ2v) is 4.42. The van der Waals surface area contributed by atoms with E-state index in [1.807, 2.05) is 6.92 Å². The largest absolute Gasteiger partial charge is 0.508 e. The van der Waals surface area contributed by atoms with E-state index >= 15 is 0 Å². The van der Waals surface area contributed by atoms with Gasteiger partial charge in [0, 0.05) is 24.8 Å². The molecule has 0 heterocycles. The van der Waals surface area contributed by atoms with Crippen LogP contribution in [0, 0.1) is 5.92 Å². The lowest BCUT2D eigenvalue weighted by Crippen LogP contribution is -2.16. The second-order valence-electron chi connectivity index (χ2n) is 4.42. The number of aliphatic hydroxyl groups excluding tert-OH is 1. The molecule has 96 valence electrons. The van der Waals surface area contributed by atoms with Crippen molar-refractivity contribution in [3.8, 4) is 11.5 Å². The predicted molar refractivity (Wildman–Crippen MR) is 67.0 cm³/mol. The maximum atomic E-state index is 9.54. The molecule has 0 fully saturated rings. The van der Waals surface area contributed by atoms with Gasteiger partial charge in [0.2, 0.25) is 0 Å². The summed E-state index contributed by atoms with van der Waals surface area (Å²) in [5, 5.41) is 30.7. The minimum atomic E-state index is 0.0722. The van der Waals surface area contributed by atoms with E-state index in [4.69, 9.17) is 10.2 Å². The molecule has 17 heavy (non-hydrogen) atoms. The van der Waals surface area contributed by atoms with Gasteiger partial charge in [-0.05, 0) is 31.4 Å². The van der Waals surface area contributed by atoms with E-state index in [0.717, 1.165) is 24.9 Å². The van der Waals surface area contributed by atoms with E-state index in [1.165, 1.54) is 6.07 Å². The van der Waals surface area contributed by atoms with Crippen molar-refractivity contribution in [2.75, 3.05) is 13.2 Å². The summed E-state index contributed by atoms with van der Waals surface area (Å²) in [5.41, 5.74) is 0.776. The first-order valence-electron chi connectivity index (χ1n) is 5.96. The fourth-order valence-electron chi connectivity index (χ4n) is 1.59. The molecule has 0 bridgehead atoms. The number of rotatable bonds is 7. The molecule has 0 aliphatic heterocycles. The van der Waals surface area contributed by atoms with Crippen LogP contribution in [0.2, 0.25) is 0 Å². The number of phenolic OH excluding ortho intramolecular Hbond substituents is 2. The summed E-state index contributed by atoms with van der Waals surface area (Å²) >= 11 is 0. The van der Waals surface area contributed by atoms with Gasteiger partial charge in [-0.1, -0.05) is 13.0 Å². The van der Waals surface area contributed by atoms with Gasteiger partial charge in [0.15, 0.2) is 0 Å². The second kappa shape index (κ2) is 7.14. The maximum absolute atomic E-state index is 9.54. The average Bonchev–Trinajstić information content (AvgIpc) is 2.30. The van der Waals surface area contributed by atoms with Crippen LogP contribution in [-0.2, 0) is 6.54 Å². The molecule has 1 aromatic rings. The van der Waals surface area contributed by atoms with Gasteiger partial charge < -0.3 is 20.6 Å². The molecule has 0 aromatic heterocycles. The zero-order valence-electron chi connectivity index (χ0n) is 10.2. The highest BCUT2D eigenvalue weighted by atomic mass is 16.3. The molecule has 0 aliphatic carbocycles. The quantitative estimate of drug-likeness (QED) is 0.545. The van der Waals surface area contributed by atoms with Gasteiger partial charge in [0.1, 0.15) is 11.5 Å². The standard InChI is InChI=1S/C13H21NO3/c1-10(9-15)3-2-6-14-8-11-4-5-12(16)7-13(11)17/h4-5,7,10,14-17H,2-3,6,8-9H2,1H3. The molecule has 0 amide bonds. The van der Waals surface area contributed by atoms with E-state index in [-0.39, 0.29) is 18.1 Å². The molecule has 1 atom stereocenters. The van der Waals surface area contributed by atoms with Crippen molar-refractivity contribution in [2.24, 2.45) is 5.92 Å². The van der Waals surface area contributed by atoms with Crippen molar-refractivity contribution in [1.29, 1.82) is 0 Å². The highest BCUT2D eigenvalue weighted by Crippen LogP contribution is 2.22. The molecule has 1 aromatic carbocycles. The van der Waals surface area contributed by atoms with Gasteiger partial charge in [0.25, 0.3) is 0 Å². The van der Waals surface area contributed by atoms with Crippen LogP contribution < -0.4 is 5.32 Å². The van der Waals surface area contributed by atoms with Crippen LogP contribution in [0.15, 0.2) is 18.2 Å². The van der Waals surface area contributed by atoms with Gasteiger partial charge in [-0.25, -0.2) is 0 Å². The number of aromatic hydroxyl groups is 2. The van der Waals surface area contributed by atoms with E-state index in [1.54, 1.807) is 12.1 Å². The van der Waals surface area contributed by atoms with E-state index in [9.17, 15) is 5.11 Å². The molecule has 4 heteroatoms. The van der Waals surface area contributed by atoms with Crippen molar-refractivity contribution >= 4 is 0 Å². The van der Waals surface area contributed by atoms with E-state index < -0.39 is 0 Å². The molecule has 0 spiro atoms. The summed E-state index contributed by atoms with van der Waals surface area (Å²) in [5.74, 6) is 0.531. The molecular weight excluding hydrogens is 218 g/mol. The number of benzene rings is 1. The maximum Gasteiger partial charge on any atom is 0.123 e. The third-order valence-electron chi connectivity index (χ3n) is 2.75. The highest BCUT2D eigenvalue weighted by molar-refractivity contribution is 5.38. The van der Waals surface area contributed by atoms with Crippen LogP contribution in [0.1, 0.15) is 25.3 Å². The number of hydrogen-bond donors (Lipinski definition) is 4. The molecule has 0 aliphatic rings. The Labute approximate surface area is 102 Å². The smallest absolute Gasteiger partial charge is 0.123 e. The number of aliphatic hydroxyl groups is 1. The highest BCUT2D eigenvalue weighted by Gasteiger charge is 2.02. The zero-order valence-corrected chi connectivity index (χ0v) is 10.2. The van der Waals surface area contributed by atoms with Crippen molar-refractivity contribution < 1.29 is 15.3 Å². The third kappa shape index (κ3) is 5.06. The van der Waals surface area contributed by atoms with Crippen LogP contribution in [0.5, 0.6) is 11.5 Å². The van der Waals surface area contributed by atoms with Crippen molar-refractivity contribution in [1.82, 2.24) is 5.32 Å². The number of nitrogens with one attached hydrogen (secondary N) is 1. The Hall–Kier alpha value is -1.26. The summed E-state index contributed by atoms with van der Waals surface area (Å²) < 4.78 is 0. The minimum absolute atomic E-state index is 0.0722. The fraction of sp³-hybridized carbons (Fsp3) is 0.538. The zero-order chi connectivity index (χ0) is 12.7. The van der Waals surface area contributed by atoms with Crippen LogP contribution in [-0.4, -0.2) is 28.5 Å². The SMILES string of the molecule is CC(CO)CCCNCc1ccc(O)cc1O. The Morgan fingerprint density at radius 3 is 2.71 bits per heavy atom. The van der Waals surface area contributed by atoms with E-state index in [2.05, 4.69) is 5.32 Å². The summed E-state index contributed by atoms with van der Waals surface area (Å²) in [6, 6.07) is 4.60. The summed E-state index contributed by atoms with van der Waals surface area (Å²) in [6.07, 6.45) is 1.99. The molecule has 4 N–H and O–H groups in total. The lowest BCUT2D eigenvalue weighted by Gasteiger charge is -2.09. The first kappa shape index (κ1) is 13.8. The van der Waals surface area contributed by atoms with Crippen LogP contribution in [0.25, 0.3) is 0 Å². The monoisotopic (exact) mass is 239 g/mol. The molecule has 1 rings (SSSR count). The molecule has 4 nitrogen and oxygen atoms in total. The molecule has 0 radical (unpaired) electrons. The summed E-state index contributed by atoms with van der Waals surface area (Å²) in [4.78, 5) is 0. The molecular formula is C13H21NO3. The lowest BCUT2D eigenvalue weighted by atomic mass is 10.1. The van der Waals surface area contributed by atoms with Gasteiger partial charge in [-0.15, -0.1) is 0 Å². The molecule has 1 unspecified atom stereocenters. The Bertz CT molecular complexity index is 341. The Morgan fingerprint density at radius 1 is 1.29 bits per heavy atom. The lowest BCUT2D eigenvalue weighted by molar-refractivity contribution is 0.228. The first-order valence-corrected chi connectivity index (χ1v) is 5.96. The Kier molecular flexibility index (Phi) is 5.80. The van der Waals surface area contributed by atoms with Gasteiger partial charge in [0.05, 0.1) is 0 Å². The van der Waals surface area contributed by atoms with Crippen LogP contribution >= 0.6 is 0 Å². The Balaban J connectivity index is 2.22. The topological polar surface area (TPSA) is 72.7 Å². The summed E-state index contributed by atoms with van der Waals surface area (Å²) in [7, 11) is 0. The average molecular weight is 239 g/mol. The predicted octanol–water partition coefficient (Wildman–Crippen LogP) is 1.60. The first-order chi connectivity index (χ1) is 8.13. The van der Waals surface area contributed by atoms with Gasteiger partial charge in [-0.3, -0.25) is 0 Å². The van der Waals surface area contributed by atoms with Gasteiger partial charge >= 0.3 is 0 Å². The van der Waals surface area contributed by atoms with Crippen LogP contribution in [0.3, 0.4) is 0 Å². The molecule has 0 saturated carbocycles. The normalized spacial score (nSPS) is 12.6. The third-order valence-corrected chi connectivity index (χ3v) is 2.75. The van der Waals surface area contributed by atoms with Crippen LogP contribution in [0.4, 0.5) is 0 Å². The molecule has 0 saturated heterocycles. The van der Waals surface area contributed by atoms with Crippen molar-refractivity contribution in [3.63, 3.8) is 0 Å².